The standard InChI is InChI=1S/C22H28N2O4S/c1-15(2)24(16(3)4)20(25)14-28-22(27)18(13-17-9-6-5-7-10-17)23-21(26)19-11-8-12-29-19/h5-12,15-16,18H,13-14H2,1-4H3,(H,23,26)/t18-/m0/s1. The molecule has 1 N–H and O–H groups in total. The zero-order chi connectivity index (χ0) is 21.4. The Hall–Kier alpha value is -2.67. The molecule has 2 amide bonds. The molecule has 0 saturated carbocycles. The summed E-state index contributed by atoms with van der Waals surface area (Å²) in [7, 11) is 0. The number of hydrogen-bond acceptors (Lipinski definition) is 5. The Labute approximate surface area is 175 Å². The van der Waals surface area contributed by atoms with Gasteiger partial charge in [0.15, 0.2) is 6.61 Å². The lowest BCUT2D eigenvalue weighted by Crippen LogP contribution is -2.47. The minimum absolute atomic E-state index is 0.000140. The second kappa shape index (κ2) is 10.8. The fourth-order valence-corrected chi connectivity index (χ4v) is 3.79. The number of ether oxygens (including phenoxy) is 1. The van der Waals surface area contributed by atoms with Gasteiger partial charge in [-0.3, -0.25) is 9.59 Å². The number of nitrogens with one attached hydrogen (secondary N) is 1. The smallest absolute Gasteiger partial charge is 0.329 e. The largest absolute Gasteiger partial charge is 0.454 e. The highest BCUT2D eigenvalue weighted by atomic mass is 32.1. The number of esters is 1. The van der Waals surface area contributed by atoms with E-state index in [1.807, 2.05) is 58.0 Å². The first-order valence-corrected chi connectivity index (χ1v) is 10.5. The molecular formula is C22H28N2O4S. The second-order valence-corrected chi connectivity index (χ2v) is 8.24. The molecule has 0 aliphatic rings. The van der Waals surface area contributed by atoms with Crippen molar-refractivity contribution in [3.8, 4) is 0 Å². The van der Waals surface area contributed by atoms with Crippen molar-refractivity contribution in [3.63, 3.8) is 0 Å². The van der Waals surface area contributed by atoms with Crippen molar-refractivity contribution in [2.75, 3.05) is 6.61 Å². The Morgan fingerprint density at radius 2 is 1.66 bits per heavy atom. The van der Waals surface area contributed by atoms with E-state index in [1.165, 1.54) is 11.3 Å². The second-order valence-electron chi connectivity index (χ2n) is 7.29. The molecule has 156 valence electrons. The SMILES string of the molecule is CC(C)N(C(=O)COC(=O)[C@H](Cc1ccccc1)NC(=O)c1cccs1)C(C)C. The highest BCUT2D eigenvalue weighted by Gasteiger charge is 2.26. The third-order valence-corrected chi connectivity index (χ3v) is 5.22. The van der Waals surface area contributed by atoms with E-state index >= 15 is 0 Å². The number of carbonyl (C=O) groups excluding carboxylic acids is 3. The van der Waals surface area contributed by atoms with Crippen molar-refractivity contribution in [2.45, 2.75) is 52.2 Å². The van der Waals surface area contributed by atoms with Crippen LogP contribution in [0.4, 0.5) is 0 Å². The van der Waals surface area contributed by atoms with Gasteiger partial charge in [-0.25, -0.2) is 4.79 Å². The van der Waals surface area contributed by atoms with Crippen LogP contribution in [0.5, 0.6) is 0 Å². The summed E-state index contributed by atoms with van der Waals surface area (Å²) in [4.78, 5) is 39.8. The molecule has 0 fully saturated rings. The van der Waals surface area contributed by atoms with Gasteiger partial charge in [0.05, 0.1) is 4.88 Å². The van der Waals surface area contributed by atoms with Crippen LogP contribution in [0.2, 0.25) is 0 Å². The summed E-state index contributed by atoms with van der Waals surface area (Å²) in [6.45, 7) is 7.31. The first-order chi connectivity index (χ1) is 13.8. The zero-order valence-corrected chi connectivity index (χ0v) is 18.1. The van der Waals surface area contributed by atoms with Gasteiger partial charge >= 0.3 is 5.97 Å². The topological polar surface area (TPSA) is 75.7 Å². The highest BCUT2D eigenvalue weighted by molar-refractivity contribution is 7.12. The van der Waals surface area contributed by atoms with Crippen LogP contribution in [-0.4, -0.2) is 47.4 Å². The molecule has 0 aliphatic carbocycles. The predicted octanol–water partition coefficient (Wildman–Crippen LogP) is 3.28. The summed E-state index contributed by atoms with van der Waals surface area (Å²) >= 11 is 1.29. The summed E-state index contributed by atoms with van der Waals surface area (Å²) in [5, 5.41) is 4.53. The van der Waals surface area contributed by atoms with Crippen molar-refractivity contribution in [1.29, 1.82) is 0 Å². The van der Waals surface area contributed by atoms with E-state index in [9.17, 15) is 14.4 Å². The van der Waals surface area contributed by atoms with Gasteiger partial charge in [0.2, 0.25) is 0 Å². The molecule has 1 aromatic carbocycles. The molecule has 2 rings (SSSR count). The average molecular weight is 417 g/mol. The minimum Gasteiger partial charge on any atom is -0.454 e. The molecule has 6 nitrogen and oxygen atoms in total. The Bertz CT molecular complexity index is 795. The molecule has 0 bridgehead atoms. The highest BCUT2D eigenvalue weighted by Crippen LogP contribution is 2.11. The number of nitrogens with zero attached hydrogens (tertiary/aromatic N) is 1. The van der Waals surface area contributed by atoms with Crippen molar-refractivity contribution >= 4 is 29.1 Å². The Morgan fingerprint density at radius 3 is 2.21 bits per heavy atom. The van der Waals surface area contributed by atoms with Gasteiger partial charge in [-0.2, -0.15) is 0 Å². The molecule has 0 saturated heterocycles. The van der Waals surface area contributed by atoms with Crippen molar-refractivity contribution in [1.82, 2.24) is 10.2 Å². The van der Waals surface area contributed by atoms with Crippen LogP contribution in [0.25, 0.3) is 0 Å². The molecule has 29 heavy (non-hydrogen) atoms. The lowest BCUT2D eigenvalue weighted by atomic mass is 10.1. The maximum atomic E-state index is 12.7. The van der Waals surface area contributed by atoms with E-state index < -0.39 is 12.0 Å². The maximum absolute atomic E-state index is 12.7. The summed E-state index contributed by atoms with van der Waals surface area (Å²) in [5.41, 5.74) is 0.887. The first-order valence-electron chi connectivity index (χ1n) is 9.65. The van der Waals surface area contributed by atoms with E-state index in [2.05, 4.69) is 5.32 Å². The fourth-order valence-electron chi connectivity index (χ4n) is 3.16. The third kappa shape index (κ3) is 6.71. The van der Waals surface area contributed by atoms with E-state index in [0.717, 1.165) is 5.56 Å². The Morgan fingerprint density at radius 1 is 1.00 bits per heavy atom. The number of rotatable bonds is 9. The van der Waals surface area contributed by atoms with Gasteiger partial charge < -0.3 is 15.0 Å². The van der Waals surface area contributed by atoms with Gasteiger partial charge in [-0.1, -0.05) is 36.4 Å². The van der Waals surface area contributed by atoms with Crippen LogP contribution < -0.4 is 5.32 Å². The number of carbonyl (C=O) groups is 3. The lowest BCUT2D eigenvalue weighted by Gasteiger charge is -2.30. The van der Waals surface area contributed by atoms with E-state index in [4.69, 9.17) is 4.74 Å². The van der Waals surface area contributed by atoms with Gasteiger partial charge in [0.25, 0.3) is 11.8 Å². The number of benzene rings is 1. The van der Waals surface area contributed by atoms with Gasteiger partial charge in [-0.15, -0.1) is 11.3 Å². The molecule has 0 unspecified atom stereocenters. The van der Waals surface area contributed by atoms with Crippen LogP contribution in [0, 0.1) is 0 Å². The normalized spacial score (nSPS) is 11.9. The van der Waals surface area contributed by atoms with Crippen molar-refractivity contribution in [3.05, 3.63) is 58.3 Å². The average Bonchev–Trinajstić information content (AvgIpc) is 3.20. The molecule has 0 aliphatic heterocycles. The van der Waals surface area contributed by atoms with Crippen LogP contribution in [0.15, 0.2) is 47.8 Å². The molecule has 0 spiro atoms. The van der Waals surface area contributed by atoms with Crippen LogP contribution >= 0.6 is 11.3 Å². The first kappa shape index (κ1) is 22.6. The van der Waals surface area contributed by atoms with E-state index in [1.54, 1.807) is 22.4 Å². The summed E-state index contributed by atoms with van der Waals surface area (Å²) in [6, 6.07) is 11.9. The molecule has 1 heterocycles. The molecule has 7 heteroatoms. The number of amides is 2. The summed E-state index contributed by atoms with van der Waals surface area (Å²) < 4.78 is 5.30. The summed E-state index contributed by atoms with van der Waals surface area (Å²) in [5.74, 6) is -1.22. The molecule has 1 atom stereocenters. The third-order valence-electron chi connectivity index (χ3n) is 4.36. The summed E-state index contributed by atoms with van der Waals surface area (Å²) in [6.07, 6.45) is 0.281. The lowest BCUT2D eigenvalue weighted by molar-refractivity contribution is -0.155. The van der Waals surface area contributed by atoms with Crippen molar-refractivity contribution < 1.29 is 19.1 Å². The van der Waals surface area contributed by atoms with E-state index in [0.29, 0.717) is 4.88 Å². The van der Waals surface area contributed by atoms with Gasteiger partial charge in [0.1, 0.15) is 6.04 Å². The van der Waals surface area contributed by atoms with Crippen LogP contribution in [0.1, 0.15) is 42.9 Å². The van der Waals surface area contributed by atoms with E-state index in [-0.39, 0.29) is 36.9 Å². The number of hydrogen-bond donors (Lipinski definition) is 1. The van der Waals surface area contributed by atoms with Crippen molar-refractivity contribution in [2.24, 2.45) is 0 Å². The van der Waals surface area contributed by atoms with Gasteiger partial charge in [-0.05, 0) is 44.7 Å². The molecular weight excluding hydrogens is 388 g/mol. The Balaban J connectivity index is 2.07. The van der Waals surface area contributed by atoms with Gasteiger partial charge in [0, 0.05) is 18.5 Å². The zero-order valence-electron chi connectivity index (χ0n) is 17.3. The van der Waals surface area contributed by atoms with Crippen LogP contribution in [0.3, 0.4) is 0 Å². The predicted molar refractivity (Wildman–Crippen MR) is 114 cm³/mol. The number of thiophene rings is 1. The fraction of sp³-hybridized carbons (Fsp3) is 0.409. The Kier molecular flexibility index (Phi) is 8.39. The quantitative estimate of drug-likeness (QED) is 0.637. The molecule has 1 aromatic heterocycles. The monoisotopic (exact) mass is 416 g/mol. The van der Waals surface area contributed by atoms with Crippen LogP contribution in [-0.2, 0) is 20.7 Å². The minimum atomic E-state index is -0.883. The maximum Gasteiger partial charge on any atom is 0.329 e. The molecule has 0 radical (unpaired) electrons. The molecule has 2 aromatic rings.